The van der Waals surface area contributed by atoms with E-state index < -0.39 is 10.9 Å². The number of aromatic nitrogens is 1. The largest absolute Gasteiger partial charge is 0.477 e. The summed E-state index contributed by atoms with van der Waals surface area (Å²) in [5, 5.41) is 23.5. The molecule has 1 heterocycles. The van der Waals surface area contributed by atoms with Gasteiger partial charge in [0, 0.05) is 23.4 Å². The first-order valence-corrected chi connectivity index (χ1v) is 7.67. The molecule has 8 heteroatoms. The lowest BCUT2D eigenvalue weighted by molar-refractivity contribution is -0.384. The summed E-state index contributed by atoms with van der Waals surface area (Å²) in [5.41, 5.74) is 1.46. The molecule has 0 aliphatic rings. The van der Waals surface area contributed by atoms with Crippen LogP contribution < -0.4 is 5.32 Å². The van der Waals surface area contributed by atoms with Gasteiger partial charge in [-0.2, -0.15) is 0 Å². The summed E-state index contributed by atoms with van der Waals surface area (Å²) in [6.45, 7) is 0. The smallest absolute Gasteiger partial charge is 0.348 e. The number of carbonyl (C=O) groups is 1. The molecule has 0 unspecified atom stereocenters. The monoisotopic (exact) mass is 341 g/mol. The second-order valence-electron chi connectivity index (χ2n) is 4.80. The minimum atomic E-state index is -1.07. The quantitative estimate of drug-likeness (QED) is 0.533. The van der Waals surface area contributed by atoms with Crippen LogP contribution in [0, 0.1) is 10.1 Å². The molecule has 0 radical (unpaired) electrons. The lowest BCUT2D eigenvalue weighted by Gasteiger charge is -2.01. The van der Waals surface area contributed by atoms with Crippen molar-refractivity contribution in [2.45, 2.75) is 0 Å². The number of carboxylic acid groups (broad SMARTS) is 1. The van der Waals surface area contributed by atoms with E-state index >= 15 is 0 Å². The molecule has 3 aromatic rings. The summed E-state index contributed by atoms with van der Waals surface area (Å²) in [6.07, 6.45) is 0. The molecular weight excluding hydrogens is 330 g/mol. The van der Waals surface area contributed by atoms with Crippen molar-refractivity contribution in [3.63, 3.8) is 0 Å². The van der Waals surface area contributed by atoms with E-state index in [1.165, 1.54) is 12.1 Å². The number of anilines is 2. The minimum absolute atomic E-state index is 0.0571. The Morgan fingerprint density at radius 2 is 1.92 bits per heavy atom. The minimum Gasteiger partial charge on any atom is -0.477 e. The fourth-order valence-corrected chi connectivity index (χ4v) is 2.98. The maximum Gasteiger partial charge on any atom is 0.348 e. The van der Waals surface area contributed by atoms with Gasteiger partial charge in [0.2, 0.25) is 0 Å². The fraction of sp³-hybridized carbons (Fsp3) is 0. The van der Waals surface area contributed by atoms with Gasteiger partial charge >= 0.3 is 5.97 Å². The molecule has 2 aromatic carbocycles. The van der Waals surface area contributed by atoms with E-state index in [0.29, 0.717) is 22.1 Å². The van der Waals surface area contributed by atoms with Crippen LogP contribution in [0.5, 0.6) is 0 Å². The molecule has 0 saturated carbocycles. The number of non-ortho nitro benzene ring substituents is 1. The van der Waals surface area contributed by atoms with Crippen LogP contribution in [0.2, 0.25) is 0 Å². The average Bonchev–Trinajstić information content (AvgIpc) is 3.00. The van der Waals surface area contributed by atoms with Crippen LogP contribution >= 0.6 is 11.3 Å². The first kappa shape index (κ1) is 15.6. The molecule has 0 fully saturated rings. The van der Waals surface area contributed by atoms with E-state index in [9.17, 15) is 20.0 Å². The molecule has 0 aliphatic carbocycles. The van der Waals surface area contributed by atoms with Crippen molar-refractivity contribution in [3.8, 4) is 11.3 Å². The van der Waals surface area contributed by atoms with Gasteiger partial charge in [-0.25, -0.2) is 9.78 Å². The lowest BCUT2D eigenvalue weighted by Crippen LogP contribution is -1.95. The summed E-state index contributed by atoms with van der Waals surface area (Å²) in [6, 6.07) is 14.9. The molecule has 0 aliphatic heterocycles. The number of nitro benzene ring substituents is 1. The molecule has 3 rings (SSSR count). The molecule has 0 saturated heterocycles. The highest BCUT2D eigenvalue weighted by Crippen LogP contribution is 2.33. The Kier molecular flexibility index (Phi) is 4.21. The Balaban J connectivity index is 1.97. The Labute approximate surface area is 140 Å². The van der Waals surface area contributed by atoms with Crippen LogP contribution in [-0.2, 0) is 0 Å². The Morgan fingerprint density at radius 3 is 2.58 bits per heavy atom. The second kappa shape index (κ2) is 6.47. The third kappa shape index (κ3) is 3.23. The summed E-state index contributed by atoms with van der Waals surface area (Å²) >= 11 is 0.980. The number of hydrogen-bond donors (Lipinski definition) is 2. The second-order valence-corrected chi connectivity index (χ2v) is 5.80. The zero-order chi connectivity index (χ0) is 17.1. The maximum absolute atomic E-state index is 11.5. The predicted octanol–water partition coefficient (Wildman–Crippen LogP) is 4.16. The molecule has 0 bridgehead atoms. The fourth-order valence-electron chi connectivity index (χ4n) is 2.13. The number of nitro groups is 1. The third-order valence-electron chi connectivity index (χ3n) is 3.18. The Bertz CT molecular complexity index is 909. The third-order valence-corrected chi connectivity index (χ3v) is 4.14. The van der Waals surface area contributed by atoms with Gasteiger partial charge in [-0.1, -0.05) is 47.7 Å². The van der Waals surface area contributed by atoms with Crippen LogP contribution in [0.4, 0.5) is 16.5 Å². The summed E-state index contributed by atoms with van der Waals surface area (Å²) < 4.78 is 0. The van der Waals surface area contributed by atoms with Crippen molar-refractivity contribution in [2.75, 3.05) is 5.32 Å². The lowest BCUT2D eigenvalue weighted by atomic mass is 10.1. The van der Waals surface area contributed by atoms with Gasteiger partial charge in [0.1, 0.15) is 4.88 Å². The van der Waals surface area contributed by atoms with E-state index in [1.807, 2.05) is 6.07 Å². The molecule has 24 heavy (non-hydrogen) atoms. The standard InChI is InChI=1S/C16H11N3O4S/c20-15(21)14-13(10-5-2-1-3-6-10)18-16(24-14)17-11-7-4-8-12(9-11)19(22)23/h1-9H,(H,17,18)(H,20,21). The van der Waals surface area contributed by atoms with Gasteiger partial charge in [-0.15, -0.1) is 0 Å². The molecule has 2 N–H and O–H groups in total. The van der Waals surface area contributed by atoms with Crippen molar-refractivity contribution in [1.82, 2.24) is 4.98 Å². The molecule has 0 spiro atoms. The maximum atomic E-state index is 11.5. The van der Waals surface area contributed by atoms with Crippen LogP contribution in [0.3, 0.4) is 0 Å². The van der Waals surface area contributed by atoms with Gasteiger partial charge in [-0.3, -0.25) is 10.1 Å². The van der Waals surface area contributed by atoms with Gasteiger partial charge in [0.15, 0.2) is 5.13 Å². The number of nitrogens with one attached hydrogen (secondary N) is 1. The highest BCUT2D eigenvalue weighted by atomic mass is 32.1. The molecule has 0 atom stereocenters. The van der Waals surface area contributed by atoms with E-state index in [-0.39, 0.29) is 10.6 Å². The van der Waals surface area contributed by atoms with Crippen molar-refractivity contribution in [1.29, 1.82) is 0 Å². The SMILES string of the molecule is O=C(O)c1sc(Nc2cccc([N+](=O)[O-])c2)nc1-c1ccccc1. The Hall–Kier alpha value is -3.26. The molecule has 120 valence electrons. The van der Waals surface area contributed by atoms with Crippen molar-refractivity contribution >= 4 is 33.8 Å². The topological polar surface area (TPSA) is 105 Å². The number of rotatable bonds is 5. The van der Waals surface area contributed by atoms with Crippen molar-refractivity contribution < 1.29 is 14.8 Å². The summed E-state index contributed by atoms with van der Waals surface area (Å²) in [5.74, 6) is -1.07. The first-order valence-electron chi connectivity index (χ1n) is 6.85. The first-order chi connectivity index (χ1) is 11.5. The van der Waals surface area contributed by atoms with E-state index in [1.54, 1.807) is 36.4 Å². The molecule has 0 amide bonds. The van der Waals surface area contributed by atoms with Gasteiger partial charge in [0.05, 0.1) is 10.6 Å². The van der Waals surface area contributed by atoms with Gasteiger partial charge in [0.25, 0.3) is 5.69 Å². The van der Waals surface area contributed by atoms with Crippen molar-refractivity contribution in [3.05, 3.63) is 69.6 Å². The summed E-state index contributed by atoms with van der Waals surface area (Å²) in [4.78, 5) is 26.2. The normalized spacial score (nSPS) is 10.3. The van der Waals surface area contributed by atoms with Crippen LogP contribution in [0.25, 0.3) is 11.3 Å². The van der Waals surface area contributed by atoms with Gasteiger partial charge < -0.3 is 10.4 Å². The molecule has 1 aromatic heterocycles. The van der Waals surface area contributed by atoms with Gasteiger partial charge in [-0.05, 0) is 6.07 Å². The Morgan fingerprint density at radius 1 is 1.17 bits per heavy atom. The van der Waals surface area contributed by atoms with Crippen LogP contribution in [0.1, 0.15) is 9.67 Å². The van der Waals surface area contributed by atoms with Crippen LogP contribution in [-0.4, -0.2) is 21.0 Å². The zero-order valence-corrected chi connectivity index (χ0v) is 13.0. The highest BCUT2D eigenvalue weighted by Gasteiger charge is 2.19. The van der Waals surface area contributed by atoms with E-state index in [4.69, 9.17) is 0 Å². The molecule has 7 nitrogen and oxygen atoms in total. The van der Waals surface area contributed by atoms with Crippen LogP contribution in [0.15, 0.2) is 54.6 Å². The van der Waals surface area contributed by atoms with Crippen molar-refractivity contribution in [2.24, 2.45) is 0 Å². The number of thiazole rings is 1. The predicted molar refractivity (Wildman–Crippen MR) is 90.9 cm³/mol. The van der Waals surface area contributed by atoms with E-state index in [2.05, 4.69) is 10.3 Å². The number of carboxylic acids is 1. The number of benzene rings is 2. The number of aromatic carboxylic acids is 1. The highest BCUT2D eigenvalue weighted by molar-refractivity contribution is 7.18. The average molecular weight is 341 g/mol. The van der Waals surface area contributed by atoms with E-state index in [0.717, 1.165) is 11.3 Å². The molecular formula is C16H11N3O4S. The number of hydrogen-bond acceptors (Lipinski definition) is 6. The zero-order valence-electron chi connectivity index (χ0n) is 12.2. The summed E-state index contributed by atoms with van der Waals surface area (Å²) in [7, 11) is 0. The number of nitrogens with zero attached hydrogens (tertiary/aromatic N) is 2.